The van der Waals surface area contributed by atoms with E-state index >= 15 is 0 Å². The van der Waals surface area contributed by atoms with Crippen molar-refractivity contribution in [2.24, 2.45) is 11.8 Å². The summed E-state index contributed by atoms with van der Waals surface area (Å²) in [6.07, 6.45) is 2.79. The smallest absolute Gasteiger partial charge is 0.273 e. The number of nitro groups is 1. The number of benzene rings is 2. The minimum atomic E-state index is -0.746. The Kier molecular flexibility index (Phi) is 5.81. The zero-order chi connectivity index (χ0) is 22.8. The molecule has 1 saturated carbocycles. The van der Waals surface area contributed by atoms with Crippen molar-refractivity contribution < 1.29 is 24.1 Å². The Morgan fingerprint density at radius 1 is 0.906 bits per heavy atom. The number of nitrogens with zero attached hydrogens (tertiary/aromatic N) is 3. The molecule has 1 saturated heterocycles. The number of nitro benzene ring substituents is 1. The van der Waals surface area contributed by atoms with Gasteiger partial charge >= 0.3 is 0 Å². The number of Topliss-reactive ketones (excluding diaryl/α,β-unsaturated/α-hetero) is 1. The van der Waals surface area contributed by atoms with Crippen LogP contribution < -0.4 is 0 Å². The molecule has 9 heteroatoms. The SMILES string of the molecule is O=C(CN(C(=O)c1ccc([N+](=O)[O-])cc1)N1C(=O)[C@@H]2CCCC[C@H]2C1=O)c1ccccc1. The Bertz CT molecular complexity index is 1060. The van der Waals surface area contributed by atoms with Crippen LogP contribution in [0.25, 0.3) is 0 Å². The average molecular weight is 435 g/mol. The first-order valence-electron chi connectivity index (χ1n) is 10.4. The van der Waals surface area contributed by atoms with Gasteiger partial charge in [-0.15, -0.1) is 0 Å². The van der Waals surface area contributed by atoms with Crippen LogP contribution in [0.5, 0.6) is 0 Å². The van der Waals surface area contributed by atoms with Crippen LogP contribution in [0.4, 0.5) is 5.69 Å². The zero-order valence-corrected chi connectivity index (χ0v) is 17.2. The van der Waals surface area contributed by atoms with Crippen molar-refractivity contribution in [2.75, 3.05) is 6.54 Å². The molecule has 0 bridgehead atoms. The molecule has 1 aliphatic heterocycles. The van der Waals surface area contributed by atoms with Gasteiger partial charge in [0.2, 0.25) is 0 Å². The molecule has 0 unspecified atom stereocenters. The van der Waals surface area contributed by atoms with E-state index in [1.807, 2.05) is 0 Å². The highest BCUT2D eigenvalue weighted by Gasteiger charge is 2.51. The molecule has 1 aliphatic carbocycles. The van der Waals surface area contributed by atoms with E-state index in [1.165, 1.54) is 12.1 Å². The Hall–Kier alpha value is -3.88. The maximum absolute atomic E-state index is 13.3. The molecule has 3 amide bonds. The van der Waals surface area contributed by atoms with Gasteiger partial charge in [0, 0.05) is 23.3 Å². The minimum Gasteiger partial charge on any atom is -0.292 e. The molecular weight excluding hydrogens is 414 g/mol. The normalized spacial score (nSPS) is 20.1. The van der Waals surface area contributed by atoms with E-state index < -0.39 is 46.8 Å². The number of ketones is 1. The first kappa shape index (κ1) is 21.4. The third-order valence-electron chi connectivity index (χ3n) is 6.01. The number of hydrogen-bond acceptors (Lipinski definition) is 6. The summed E-state index contributed by atoms with van der Waals surface area (Å²) in [4.78, 5) is 62.8. The average Bonchev–Trinajstić information content (AvgIpc) is 3.07. The summed E-state index contributed by atoms with van der Waals surface area (Å²) >= 11 is 0. The van der Waals surface area contributed by atoms with Crippen molar-refractivity contribution in [1.82, 2.24) is 10.0 Å². The molecule has 2 fully saturated rings. The molecule has 2 atom stereocenters. The molecule has 2 aliphatic rings. The third kappa shape index (κ3) is 3.89. The second-order valence-electron chi connectivity index (χ2n) is 7.94. The summed E-state index contributed by atoms with van der Waals surface area (Å²) in [6, 6.07) is 13.1. The molecule has 0 spiro atoms. The second-order valence-corrected chi connectivity index (χ2v) is 7.94. The maximum Gasteiger partial charge on any atom is 0.273 e. The fourth-order valence-electron chi connectivity index (χ4n) is 4.34. The number of rotatable bonds is 6. The molecule has 0 aromatic heterocycles. The van der Waals surface area contributed by atoms with Gasteiger partial charge in [-0.2, -0.15) is 5.01 Å². The highest BCUT2D eigenvalue weighted by atomic mass is 16.6. The largest absolute Gasteiger partial charge is 0.292 e. The van der Waals surface area contributed by atoms with Crippen molar-refractivity contribution in [3.63, 3.8) is 0 Å². The van der Waals surface area contributed by atoms with Crippen LogP contribution in [0.3, 0.4) is 0 Å². The lowest BCUT2D eigenvalue weighted by molar-refractivity contribution is -0.384. The molecule has 1 heterocycles. The van der Waals surface area contributed by atoms with Crippen LogP contribution in [0.1, 0.15) is 46.4 Å². The van der Waals surface area contributed by atoms with Crippen molar-refractivity contribution in [3.8, 4) is 0 Å². The molecule has 0 radical (unpaired) electrons. The molecule has 32 heavy (non-hydrogen) atoms. The van der Waals surface area contributed by atoms with E-state index in [2.05, 4.69) is 0 Å². The number of carbonyl (C=O) groups is 4. The number of fused-ring (bicyclic) bond motifs is 1. The van der Waals surface area contributed by atoms with Gasteiger partial charge in [0.1, 0.15) is 6.54 Å². The molecule has 9 nitrogen and oxygen atoms in total. The summed E-state index contributed by atoms with van der Waals surface area (Å²) in [7, 11) is 0. The third-order valence-corrected chi connectivity index (χ3v) is 6.01. The first-order valence-corrected chi connectivity index (χ1v) is 10.4. The van der Waals surface area contributed by atoms with E-state index in [1.54, 1.807) is 30.3 Å². The lowest BCUT2D eigenvalue weighted by Gasteiger charge is -2.30. The molecule has 2 aromatic rings. The first-order chi connectivity index (χ1) is 15.4. The number of carbonyl (C=O) groups excluding carboxylic acids is 4. The fourth-order valence-corrected chi connectivity index (χ4v) is 4.34. The number of non-ortho nitro benzene ring substituents is 1. The summed E-state index contributed by atoms with van der Waals surface area (Å²) in [6.45, 7) is -0.503. The van der Waals surface area contributed by atoms with Crippen molar-refractivity contribution in [3.05, 3.63) is 75.8 Å². The number of amides is 3. The predicted octanol–water partition coefficient (Wildman–Crippen LogP) is 3.01. The molecule has 0 N–H and O–H groups in total. The quantitative estimate of drug-likeness (QED) is 0.298. The summed E-state index contributed by atoms with van der Waals surface area (Å²) in [5, 5.41) is 12.6. The van der Waals surface area contributed by atoms with Gasteiger partial charge in [-0.05, 0) is 25.0 Å². The van der Waals surface area contributed by atoms with Crippen LogP contribution in [0, 0.1) is 22.0 Å². The van der Waals surface area contributed by atoms with Crippen LogP contribution in [-0.2, 0) is 9.59 Å². The van der Waals surface area contributed by atoms with Gasteiger partial charge in [0.15, 0.2) is 5.78 Å². The van der Waals surface area contributed by atoms with Crippen LogP contribution in [0.15, 0.2) is 54.6 Å². The molecule has 2 aromatic carbocycles. The van der Waals surface area contributed by atoms with Gasteiger partial charge in [0.05, 0.1) is 16.8 Å². The van der Waals surface area contributed by atoms with Crippen LogP contribution in [-0.4, -0.2) is 45.0 Å². The van der Waals surface area contributed by atoms with Gasteiger partial charge in [-0.3, -0.25) is 29.3 Å². The van der Waals surface area contributed by atoms with Crippen molar-refractivity contribution in [2.45, 2.75) is 25.7 Å². The van der Waals surface area contributed by atoms with E-state index in [-0.39, 0.29) is 11.3 Å². The summed E-state index contributed by atoms with van der Waals surface area (Å²) < 4.78 is 0. The van der Waals surface area contributed by atoms with E-state index in [0.717, 1.165) is 35.0 Å². The topological polar surface area (TPSA) is 118 Å². The Morgan fingerprint density at radius 2 is 1.47 bits per heavy atom. The Morgan fingerprint density at radius 3 is 2.00 bits per heavy atom. The predicted molar refractivity (Wildman–Crippen MR) is 112 cm³/mol. The Labute approximate surface area is 183 Å². The molecule has 164 valence electrons. The summed E-state index contributed by atoms with van der Waals surface area (Å²) in [5.74, 6) is -3.11. The van der Waals surface area contributed by atoms with Crippen molar-refractivity contribution >= 4 is 29.2 Å². The summed E-state index contributed by atoms with van der Waals surface area (Å²) in [5.41, 5.74) is 0.172. The lowest BCUT2D eigenvalue weighted by atomic mass is 9.81. The van der Waals surface area contributed by atoms with Gasteiger partial charge in [-0.1, -0.05) is 43.2 Å². The highest BCUT2D eigenvalue weighted by Crippen LogP contribution is 2.39. The maximum atomic E-state index is 13.3. The van der Waals surface area contributed by atoms with Gasteiger partial charge < -0.3 is 0 Å². The lowest BCUT2D eigenvalue weighted by Crippen LogP contribution is -2.52. The molecule has 4 rings (SSSR count). The van der Waals surface area contributed by atoms with Gasteiger partial charge in [0.25, 0.3) is 23.4 Å². The molecular formula is C23H21N3O6. The van der Waals surface area contributed by atoms with Crippen LogP contribution in [0.2, 0.25) is 0 Å². The number of hydrazine groups is 1. The second kappa shape index (κ2) is 8.70. The number of imide groups is 1. The monoisotopic (exact) mass is 435 g/mol. The van der Waals surface area contributed by atoms with Crippen LogP contribution >= 0.6 is 0 Å². The van der Waals surface area contributed by atoms with E-state index in [0.29, 0.717) is 18.4 Å². The number of hydrogen-bond donors (Lipinski definition) is 0. The highest BCUT2D eigenvalue weighted by molar-refractivity contribution is 6.09. The standard InChI is InChI=1S/C23H21N3O6/c27-20(15-6-2-1-3-7-15)14-24(21(28)16-10-12-17(13-11-16)26(31)32)25-22(29)18-8-4-5-9-19(18)23(25)30/h1-3,6-7,10-13,18-19H,4-5,8-9,14H2/t18-,19-/m1/s1. The van der Waals surface area contributed by atoms with Crippen molar-refractivity contribution in [1.29, 1.82) is 0 Å². The van der Waals surface area contributed by atoms with E-state index in [4.69, 9.17) is 0 Å². The Balaban J connectivity index is 1.68. The fraction of sp³-hybridized carbons (Fsp3) is 0.304. The minimum absolute atomic E-state index is 0.0342. The van der Waals surface area contributed by atoms with Gasteiger partial charge in [-0.25, -0.2) is 5.01 Å². The van der Waals surface area contributed by atoms with E-state index in [9.17, 15) is 29.3 Å². The zero-order valence-electron chi connectivity index (χ0n) is 17.2.